The Morgan fingerprint density at radius 2 is 2.29 bits per heavy atom. The van der Waals surface area contributed by atoms with Crippen LogP contribution in [0.25, 0.3) is 0 Å². The number of nitrogens with zero attached hydrogens (tertiary/aromatic N) is 1. The Hall–Kier alpha value is -1.72. The summed E-state index contributed by atoms with van der Waals surface area (Å²) in [4.78, 5) is 13.9. The van der Waals surface area contributed by atoms with E-state index in [0.717, 1.165) is 6.07 Å². The number of halogens is 2. The quantitative estimate of drug-likeness (QED) is 0.753. The number of pyridine rings is 1. The minimum absolute atomic E-state index is 0.0684. The van der Waals surface area contributed by atoms with Gasteiger partial charge in [0.25, 0.3) is 6.43 Å². The molecule has 0 fully saturated rings. The lowest BCUT2D eigenvalue weighted by Gasteiger charge is -2.08. The van der Waals surface area contributed by atoms with Crippen LogP contribution in [0, 0.1) is 0 Å². The van der Waals surface area contributed by atoms with Crippen molar-refractivity contribution in [1.29, 1.82) is 0 Å². The Balaban J connectivity index is 3.32. The summed E-state index contributed by atoms with van der Waals surface area (Å²) in [6.07, 6.45) is -2.38. The fourth-order valence-electron chi connectivity index (χ4n) is 0.956. The molecule has 2 N–H and O–H groups in total. The Morgan fingerprint density at radius 1 is 1.64 bits per heavy atom. The number of anilines is 1. The van der Waals surface area contributed by atoms with Gasteiger partial charge in [-0.2, -0.15) is 4.98 Å². The highest BCUT2D eigenvalue weighted by Crippen LogP contribution is 2.29. The molecule has 14 heavy (non-hydrogen) atoms. The monoisotopic (exact) mass is 202 g/mol. The molecule has 1 rings (SSSR count). The van der Waals surface area contributed by atoms with E-state index in [4.69, 9.17) is 5.73 Å². The maximum absolute atomic E-state index is 12.4. The van der Waals surface area contributed by atoms with E-state index in [2.05, 4.69) is 9.72 Å². The predicted molar refractivity (Wildman–Crippen MR) is 45.5 cm³/mol. The summed E-state index contributed by atoms with van der Waals surface area (Å²) in [6, 6.07) is 0.971. The molecular formula is C8H8F2N2O2. The number of aldehydes is 1. The fourth-order valence-corrected chi connectivity index (χ4v) is 0.956. The van der Waals surface area contributed by atoms with Crippen molar-refractivity contribution in [3.8, 4) is 5.88 Å². The number of methoxy groups -OCH3 is 1. The van der Waals surface area contributed by atoms with Crippen molar-refractivity contribution < 1.29 is 18.3 Å². The summed E-state index contributed by atoms with van der Waals surface area (Å²) in [7, 11) is 1.20. The number of rotatable bonds is 3. The molecule has 0 bridgehead atoms. The van der Waals surface area contributed by atoms with Crippen molar-refractivity contribution in [3.05, 3.63) is 17.2 Å². The summed E-state index contributed by atoms with van der Waals surface area (Å²) in [5.74, 6) is -0.385. The third-order valence-corrected chi connectivity index (χ3v) is 1.63. The third kappa shape index (κ3) is 1.78. The van der Waals surface area contributed by atoms with Crippen molar-refractivity contribution in [1.82, 2.24) is 4.98 Å². The topological polar surface area (TPSA) is 65.2 Å². The maximum Gasteiger partial charge on any atom is 0.269 e. The highest BCUT2D eigenvalue weighted by molar-refractivity contribution is 5.82. The van der Waals surface area contributed by atoms with Crippen molar-refractivity contribution in [2.24, 2.45) is 0 Å². The Morgan fingerprint density at radius 3 is 2.71 bits per heavy atom. The van der Waals surface area contributed by atoms with Gasteiger partial charge >= 0.3 is 0 Å². The van der Waals surface area contributed by atoms with E-state index in [9.17, 15) is 13.6 Å². The number of hydrogen-bond donors (Lipinski definition) is 1. The van der Waals surface area contributed by atoms with Gasteiger partial charge in [0.2, 0.25) is 5.88 Å². The Bertz CT molecular complexity index is 355. The molecule has 1 heterocycles. The molecule has 76 valence electrons. The van der Waals surface area contributed by atoms with Crippen LogP contribution in [0.1, 0.15) is 22.3 Å². The lowest BCUT2D eigenvalue weighted by molar-refractivity contribution is 0.112. The van der Waals surface area contributed by atoms with Gasteiger partial charge in [0.1, 0.15) is 5.82 Å². The van der Waals surface area contributed by atoms with Gasteiger partial charge in [0.15, 0.2) is 6.29 Å². The largest absolute Gasteiger partial charge is 0.481 e. The lowest BCUT2D eigenvalue weighted by Crippen LogP contribution is -2.03. The number of nitrogens with two attached hydrogens (primary N) is 1. The standard InChI is InChI=1S/C8H8F2N2O2/c1-14-8-5(6(9)10)2-4(3-13)7(11)12-8/h2-3,6H,1H3,(H2,11,12). The van der Waals surface area contributed by atoms with Crippen LogP contribution in [0.3, 0.4) is 0 Å². The summed E-state index contributed by atoms with van der Waals surface area (Å²) >= 11 is 0. The van der Waals surface area contributed by atoms with Crippen molar-refractivity contribution in [2.75, 3.05) is 12.8 Å². The second kappa shape index (κ2) is 3.99. The lowest BCUT2D eigenvalue weighted by atomic mass is 10.2. The molecule has 1 aromatic rings. The zero-order valence-corrected chi connectivity index (χ0v) is 7.33. The molecule has 0 unspecified atom stereocenters. The number of aromatic nitrogens is 1. The van der Waals surface area contributed by atoms with E-state index in [-0.39, 0.29) is 17.3 Å². The molecule has 0 saturated heterocycles. The molecule has 4 nitrogen and oxygen atoms in total. The van der Waals surface area contributed by atoms with Gasteiger partial charge < -0.3 is 10.5 Å². The summed E-state index contributed by atoms with van der Waals surface area (Å²) in [5.41, 5.74) is 4.80. The third-order valence-electron chi connectivity index (χ3n) is 1.63. The highest BCUT2D eigenvalue weighted by atomic mass is 19.3. The average molecular weight is 202 g/mol. The number of carbonyl (C=O) groups excluding carboxylic acids is 1. The van der Waals surface area contributed by atoms with E-state index < -0.39 is 12.0 Å². The van der Waals surface area contributed by atoms with Crippen LogP contribution in [-0.2, 0) is 0 Å². The molecule has 0 amide bonds. The SMILES string of the molecule is COc1nc(N)c(C=O)cc1C(F)F. The second-order valence-corrected chi connectivity index (χ2v) is 2.48. The van der Waals surface area contributed by atoms with Gasteiger partial charge in [-0.3, -0.25) is 4.79 Å². The zero-order valence-electron chi connectivity index (χ0n) is 7.33. The van der Waals surface area contributed by atoms with Crippen LogP contribution >= 0.6 is 0 Å². The smallest absolute Gasteiger partial charge is 0.269 e. The molecule has 0 saturated carbocycles. The van der Waals surface area contributed by atoms with E-state index in [1.54, 1.807) is 0 Å². The van der Waals surface area contributed by atoms with Gasteiger partial charge in [-0.25, -0.2) is 8.78 Å². The Labute approximate surface area is 78.7 Å². The number of nitrogen functional groups attached to an aromatic ring is 1. The molecule has 0 aromatic carbocycles. The molecule has 6 heteroatoms. The van der Waals surface area contributed by atoms with Gasteiger partial charge in [0.05, 0.1) is 18.2 Å². The molecule has 0 aliphatic heterocycles. The van der Waals surface area contributed by atoms with E-state index in [1.807, 2.05) is 0 Å². The molecule has 1 aromatic heterocycles. The molecule has 0 aliphatic rings. The molecule has 0 aliphatic carbocycles. The van der Waals surface area contributed by atoms with Gasteiger partial charge in [-0.05, 0) is 6.07 Å². The molecule has 0 spiro atoms. The minimum Gasteiger partial charge on any atom is -0.481 e. The van der Waals surface area contributed by atoms with Crippen LogP contribution in [-0.4, -0.2) is 18.4 Å². The average Bonchev–Trinajstić information content (AvgIpc) is 2.16. The normalized spacial score (nSPS) is 10.3. The number of ether oxygens (including phenoxy) is 1. The van der Waals surface area contributed by atoms with E-state index in [0.29, 0.717) is 6.29 Å². The van der Waals surface area contributed by atoms with Gasteiger partial charge in [-0.15, -0.1) is 0 Å². The van der Waals surface area contributed by atoms with Gasteiger partial charge in [0, 0.05) is 0 Å². The summed E-state index contributed by atoms with van der Waals surface area (Å²) in [6.45, 7) is 0. The van der Waals surface area contributed by atoms with Crippen LogP contribution in [0.4, 0.5) is 14.6 Å². The molecular weight excluding hydrogens is 194 g/mol. The van der Waals surface area contributed by atoms with Crippen LogP contribution in [0.2, 0.25) is 0 Å². The summed E-state index contributed by atoms with van der Waals surface area (Å²) in [5, 5.41) is 0. The second-order valence-electron chi connectivity index (χ2n) is 2.48. The first-order chi connectivity index (χ1) is 6.60. The maximum atomic E-state index is 12.4. The minimum atomic E-state index is -2.75. The predicted octanol–water partition coefficient (Wildman–Crippen LogP) is 1.42. The number of alkyl halides is 2. The van der Waals surface area contributed by atoms with Gasteiger partial charge in [-0.1, -0.05) is 0 Å². The van der Waals surface area contributed by atoms with Crippen molar-refractivity contribution in [2.45, 2.75) is 6.43 Å². The van der Waals surface area contributed by atoms with E-state index in [1.165, 1.54) is 7.11 Å². The fraction of sp³-hybridized carbons (Fsp3) is 0.250. The van der Waals surface area contributed by atoms with Crippen molar-refractivity contribution in [3.63, 3.8) is 0 Å². The Kier molecular flexibility index (Phi) is 2.95. The van der Waals surface area contributed by atoms with Crippen LogP contribution in [0.15, 0.2) is 6.07 Å². The summed E-state index contributed by atoms with van der Waals surface area (Å²) < 4.78 is 29.4. The highest BCUT2D eigenvalue weighted by Gasteiger charge is 2.17. The van der Waals surface area contributed by atoms with Crippen LogP contribution < -0.4 is 10.5 Å². The van der Waals surface area contributed by atoms with E-state index >= 15 is 0 Å². The number of carbonyl (C=O) groups is 1. The zero-order chi connectivity index (χ0) is 10.7. The molecule has 0 atom stereocenters. The van der Waals surface area contributed by atoms with Crippen molar-refractivity contribution >= 4 is 12.1 Å². The first-order valence-corrected chi connectivity index (χ1v) is 3.68. The first kappa shape index (κ1) is 10.4. The van der Waals surface area contributed by atoms with Crippen LogP contribution in [0.5, 0.6) is 5.88 Å². The number of hydrogen-bond acceptors (Lipinski definition) is 4. The first-order valence-electron chi connectivity index (χ1n) is 3.68. The molecule has 0 radical (unpaired) electrons.